The van der Waals surface area contributed by atoms with Crippen LogP contribution in [0.3, 0.4) is 0 Å². The van der Waals surface area contributed by atoms with Crippen molar-refractivity contribution in [3.63, 3.8) is 0 Å². The normalized spacial score (nSPS) is 9.79. The van der Waals surface area contributed by atoms with Gasteiger partial charge in [0, 0.05) is 60.6 Å². The number of benzene rings is 2. The van der Waals surface area contributed by atoms with Gasteiger partial charge in [-0.05, 0) is 0 Å². The molecule has 0 aliphatic carbocycles. The third kappa shape index (κ3) is 11.6. The van der Waals surface area contributed by atoms with Crippen molar-refractivity contribution in [3.8, 4) is 0 Å². The molecule has 0 atom stereocenters. The van der Waals surface area contributed by atoms with Crippen molar-refractivity contribution >= 4 is 61.9 Å². The molecule has 0 aromatic heterocycles. The number of nitrogens with zero attached hydrogens (tertiary/aromatic N) is 2. The Labute approximate surface area is 209 Å². The molecule has 0 spiro atoms. The molecule has 0 heterocycles. The Balaban J connectivity index is 0.000000523. The van der Waals surface area contributed by atoms with Crippen LogP contribution in [0.1, 0.15) is 11.1 Å². The summed E-state index contributed by atoms with van der Waals surface area (Å²) < 4.78 is 0. The van der Waals surface area contributed by atoms with E-state index in [1.54, 1.807) is 0 Å². The fraction of sp³-hybridized carbons (Fsp3) is 0.364. The van der Waals surface area contributed by atoms with Crippen molar-refractivity contribution < 1.29 is 16.5 Å². The summed E-state index contributed by atoms with van der Waals surface area (Å²) in [5.41, 5.74) is 4.54. The molecule has 0 saturated heterocycles. The molecule has 0 bridgehead atoms. The summed E-state index contributed by atoms with van der Waals surface area (Å²) >= 11 is 17.0. The minimum absolute atomic E-state index is 0. The van der Waals surface area contributed by atoms with Gasteiger partial charge in [-0.25, -0.2) is 0 Å². The zero-order valence-electron chi connectivity index (χ0n) is 16.7. The van der Waals surface area contributed by atoms with Crippen LogP contribution in [-0.2, 0) is 16.5 Å². The second-order valence-electron chi connectivity index (χ2n) is 6.20. The summed E-state index contributed by atoms with van der Waals surface area (Å²) in [5, 5.41) is 0. The van der Waals surface area contributed by atoms with E-state index in [-0.39, 0.29) is 16.5 Å². The van der Waals surface area contributed by atoms with E-state index in [9.17, 15) is 0 Å². The Morgan fingerprint density at radius 1 is 0.517 bits per heavy atom. The van der Waals surface area contributed by atoms with Crippen LogP contribution in [0, 0.1) is 13.8 Å². The first-order valence-corrected chi connectivity index (χ1v) is 11.9. The molecule has 0 N–H and O–H groups in total. The number of anilines is 2. The summed E-state index contributed by atoms with van der Waals surface area (Å²) in [4.78, 5) is 4.55. The van der Waals surface area contributed by atoms with Gasteiger partial charge in [0.15, 0.2) is 0 Å². The molecule has 7 heteroatoms. The first kappa shape index (κ1) is 28.7. The number of hydrogen-bond acceptors (Lipinski definition) is 6. The SMILES string of the molecule is [CH2-]c1ccc(N(CCS)CCS)cc1.[CH2-]c1ccc(N(CCS)CCS)cc1.[Ni+2]. The quantitative estimate of drug-likeness (QED) is 0.201. The average Bonchev–Trinajstić information content (AvgIpc) is 2.69. The van der Waals surface area contributed by atoms with E-state index in [0.717, 1.165) is 60.3 Å². The van der Waals surface area contributed by atoms with Crippen LogP contribution in [0.25, 0.3) is 0 Å². The second-order valence-corrected chi connectivity index (χ2v) is 7.99. The van der Waals surface area contributed by atoms with Crippen molar-refractivity contribution in [2.45, 2.75) is 0 Å². The second kappa shape index (κ2) is 17.4. The van der Waals surface area contributed by atoms with E-state index >= 15 is 0 Å². The van der Waals surface area contributed by atoms with Crippen LogP contribution in [0.4, 0.5) is 11.4 Å². The molecule has 0 aliphatic heterocycles. The third-order valence-electron chi connectivity index (χ3n) is 4.08. The average molecular weight is 511 g/mol. The van der Waals surface area contributed by atoms with Crippen LogP contribution in [0.15, 0.2) is 48.5 Å². The predicted molar refractivity (Wildman–Crippen MR) is 142 cm³/mol. The van der Waals surface area contributed by atoms with Gasteiger partial charge in [0.05, 0.1) is 0 Å². The number of hydrogen-bond donors (Lipinski definition) is 4. The summed E-state index contributed by atoms with van der Waals surface area (Å²) in [7, 11) is 0. The van der Waals surface area contributed by atoms with Gasteiger partial charge in [0.1, 0.15) is 0 Å². The maximum absolute atomic E-state index is 4.24. The van der Waals surface area contributed by atoms with Gasteiger partial charge in [-0.3, -0.25) is 0 Å². The molecule has 2 nitrogen and oxygen atoms in total. The van der Waals surface area contributed by atoms with Gasteiger partial charge in [-0.15, -0.1) is 0 Å². The van der Waals surface area contributed by atoms with E-state index in [4.69, 9.17) is 0 Å². The molecule has 29 heavy (non-hydrogen) atoms. The molecule has 2 aromatic rings. The molecule has 0 fully saturated rings. The Morgan fingerprint density at radius 2 is 0.759 bits per heavy atom. The van der Waals surface area contributed by atoms with Crippen LogP contribution >= 0.6 is 50.5 Å². The smallest absolute Gasteiger partial charge is 0.372 e. The molecule has 0 radical (unpaired) electrons. The molecular formula is C22H32N2NiS4. The number of rotatable bonds is 10. The van der Waals surface area contributed by atoms with Gasteiger partial charge in [-0.2, -0.15) is 99.8 Å². The first-order chi connectivity index (χ1) is 13.5. The molecule has 0 unspecified atom stereocenters. The van der Waals surface area contributed by atoms with E-state index in [1.165, 1.54) is 11.4 Å². The molecule has 0 aliphatic rings. The van der Waals surface area contributed by atoms with Gasteiger partial charge in [0.2, 0.25) is 0 Å². The predicted octanol–water partition coefficient (Wildman–Crippen LogP) is 5.07. The Hall–Kier alpha value is -0.326. The summed E-state index contributed by atoms with van der Waals surface area (Å²) in [5.74, 6) is 3.44. The largest absolute Gasteiger partial charge is 2.00 e. The zero-order chi connectivity index (χ0) is 20.8. The Kier molecular flexibility index (Phi) is 17.2. The molecule has 2 rings (SSSR count). The summed E-state index contributed by atoms with van der Waals surface area (Å²) in [6.07, 6.45) is 0. The maximum atomic E-state index is 4.24. The van der Waals surface area contributed by atoms with Crippen LogP contribution in [0.2, 0.25) is 0 Å². The van der Waals surface area contributed by atoms with Gasteiger partial charge >= 0.3 is 16.5 Å². The molecule has 2 aromatic carbocycles. The number of thiol groups is 4. The standard InChI is InChI=1S/2C11H16NS2.Ni/c2*1-10-2-4-11(5-3-10)12(6-8-13)7-9-14;/h2*2-5,13-14H,1,6-9H2;/q2*-1;+2. The van der Waals surface area contributed by atoms with E-state index < -0.39 is 0 Å². The van der Waals surface area contributed by atoms with Crippen LogP contribution in [0.5, 0.6) is 0 Å². The minimum atomic E-state index is 0. The summed E-state index contributed by atoms with van der Waals surface area (Å²) in [6.45, 7) is 11.6. The van der Waals surface area contributed by atoms with Crippen molar-refractivity contribution in [2.75, 3.05) is 59.0 Å². The topological polar surface area (TPSA) is 6.48 Å². The molecular weight excluding hydrogens is 479 g/mol. The van der Waals surface area contributed by atoms with Crippen molar-refractivity contribution in [3.05, 3.63) is 73.5 Å². The van der Waals surface area contributed by atoms with Crippen LogP contribution < -0.4 is 9.80 Å². The van der Waals surface area contributed by atoms with Crippen molar-refractivity contribution in [2.24, 2.45) is 0 Å². The Bertz CT molecular complexity index is 569. The third-order valence-corrected chi connectivity index (χ3v) is 4.88. The van der Waals surface area contributed by atoms with E-state index in [1.807, 2.05) is 24.3 Å². The monoisotopic (exact) mass is 510 g/mol. The minimum Gasteiger partial charge on any atom is -0.372 e. The van der Waals surface area contributed by atoms with E-state index in [2.05, 4.69) is 98.4 Å². The van der Waals surface area contributed by atoms with Crippen LogP contribution in [-0.4, -0.2) is 49.2 Å². The molecule has 164 valence electrons. The van der Waals surface area contributed by atoms with Gasteiger partial charge in [0.25, 0.3) is 0 Å². The van der Waals surface area contributed by atoms with Crippen molar-refractivity contribution in [1.29, 1.82) is 0 Å². The first-order valence-electron chi connectivity index (χ1n) is 9.33. The molecule has 0 amide bonds. The fourth-order valence-corrected chi connectivity index (χ4v) is 3.60. The Morgan fingerprint density at radius 3 is 0.966 bits per heavy atom. The van der Waals surface area contributed by atoms with E-state index in [0.29, 0.717) is 0 Å². The summed E-state index contributed by atoms with van der Waals surface area (Å²) in [6, 6.07) is 16.5. The fourth-order valence-electron chi connectivity index (χ4n) is 2.64. The van der Waals surface area contributed by atoms with Gasteiger partial charge < -0.3 is 9.80 Å². The zero-order valence-corrected chi connectivity index (χ0v) is 21.3. The maximum Gasteiger partial charge on any atom is 2.00 e. The van der Waals surface area contributed by atoms with Gasteiger partial charge in [-0.1, -0.05) is 24.3 Å². The molecule has 0 saturated carbocycles. The van der Waals surface area contributed by atoms with Crippen molar-refractivity contribution in [1.82, 2.24) is 0 Å².